The normalized spacial score (nSPS) is 12.0. The van der Waals surface area contributed by atoms with Crippen molar-refractivity contribution in [2.24, 2.45) is 3.77 Å². The molecule has 0 aliphatic heterocycles. The number of benzene rings is 1. The van der Waals surface area contributed by atoms with Crippen LogP contribution in [0.1, 0.15) is 13.8 Å². The fourth-order valence-corrected chi connectivity index (χ4v) is 4.67. The van der Waals surface area contributed by atoms with Gasteiger partial charge in [-0.2, -0.15) is 8.42 Å². The number of halogens is 1. The van der Waals surface area contributed by atoms with Crippen molar-refractivity contribution in [2.45, 2.75) is 13.8 Å². The monoisotopic (exact) mass is 324 g/mol. The Morgan fingerprint density at radius 2 is 1.85 bits per heavy atom. The van der Waals surface area contributed by atoms with Crippen LogP contribution in [-0.2, 0) is 19.9 Å². The lowest BCUT2D eigenvalue weighted by Crippen LogP contribution is -2.16. The van der Waals surface area contributed by atoms with Gasteiger partial charge in [0, 0.05) is 17.6 Å². The molecule has 0 fully saturated rings. The van der Waals surface area contributed by atoms with Crippen molar-refractivity contribution >= 4 is 25.6 Å². The third kappa shape index (κ3) is 4.34. The number of hydrogen-bond donors (Lipinski definition) is 1. The summed E-state index contributed by atoms with van der Waals surface area (Å²) < 4.78 is 59.3. The molecule has 0 radical (unpaired) electrons. The molecule has 1 aromatic carbocycles. The number of nitrogens with zero attached hydrogens (tertiary/aromatic N) is 1. The summed E-state index contributed by atoms with van der Waals surface area (Å²) in [6.45, 7) is 3.20. The van der Waals surface area contributed by atoms with Gasteiger partial charge in [0.1, 0.15) is 11.6 Å². The molecule has 0 atom stereocenters. The molecule has 1 N–H and O–H groups in total. The van der Waals surface area contributed by atoms with Crippen molar-refractivity contribution < 1.29 is 21.8 Å². The molecule has 1 aromatic rings. The van der Waals surface area contributed by atoms with Crippen LogP contribution in [-0.4, -0.2) is 31.2 Å². The highest BCUT2D eigenvalue weighted by Gasteiger charge is 2.16. The maximum Gasteiger partial charge on any atom is 0.350 e. The second-order valence-electron chi connectivity index (χ2n) is 3.85. The lowest BCUT2D eigenvalue weighted by molar-refractivity contribution is 0.413. The van der Waals surface area contributed by atoms with Crippen LogP contribution in [0.4, 0.5) is 10.1 Å². The fraction of sp³-hybridized carbons (Fsp3) is 0.455. The zero-order valence-corrected chi connectivity index (χ0v) is 13.1. The molecule has 9 heteroatoms. The summed E-state index contributed by atoms with van der Waals surface area (Å²) in [7, 11) is -5.69. The van der Waals surface area contributed by atoms with Crippen LogP contribution in [0.25, 0.3) is 0 Å². The summed E-state index contributed by atoms with van der Waals surface area (Å²) in [6, 6.07) is 3.33. The molecule has 0 unspecified atom stereocenters. The molecule has 1 rings (SSSR count). The van der Waals surface area contributed by atoms with Gasteiger partial charge in [-0.3, -0.25) is 4.72 Å². The second kappa shape index (κ2) is 6.40. The molecule has 20 heavy (non-hydrogen) atoms. The smallest absolute Gasteiger partial charge is 0.350 e. The Labute approximate surface area is 118 Å². The van der Waals surface area contributed by atoms with Gasteiger partial charge in [0.05, 0.1) is 22.5 Å². The minimum Gasteiger partial charge on any atom is -0.494 e. The Bertz CT molecular complexity index is 684. The predicted molar refractivity (Wildman–Crippen MR) is 77.1 cm³/mol. The first-order valence-corrected chi connectivity index (χ1v) is 9.14. The van der Waals surface area contributed by atoms with Crippen LogP contribution < -0.4 is 9.46 Å². The summed E-state index contributed by atoms with van der Waals surface area (Å²) in [5.74, 6) is -0.286. The lowest BCUT2D eigenvalue weighted by Gasteiger charge is -2.10. The first-order chi connectivity index (χ1) is 9.25. The highest BCUT2D eigenvalue weighted by molar-refractivity contribution is 8.03. The van der Waals surface area contributed by atoms with E-state index in [1.165, 1.54) is 13.2 Å². The van der Waals surface area contributed by atoms with E-state index in [1.807, 2.05) is 0 Å². The van der Waals surface area contributed by atoms with Gasteiger partial charge in [0.15, 0.2) is 0 Å². The Hall–Kier alpha value is -1.35. The third-order valence-corrected chi connectivity index (χ3v) is 6.69. The van der Waals surface area contributed by atoms with E-state index in [0.29, 0.717) is 0 Å². The average molecular weight is 324 g/mol. The van der Waals surface area contributed by atoms with Crippen molar-refractivity contribution in [1.29, 1.82) is 0 Å². The summed E-state index contributed by atoms with van der Waals surface area (Å²) in [4.78, 5) is 0. The van der Waals surface area contributed by atoms with Crippen molar-refractivity contribution in [1.82, 2.24) is 0 Å². The molecule has 0 aliphatic carbocycles. The van der Waals surface area contributed by atoms with Crippen LogP contribution in [0.2, 0.25) is 0 Å². The van der Waals surface area contributed by atoms with E-state index >= 15 is 0 Å². The van der Waals surface area contributed by atoms with Gasteiger partial charge in [-0.15, -0.1) is 0 Å². The van der Waals surface area contributed by atoms with Gasteiger partial charge in [-0.05, 0) is 12.1 Å². The Kier molecular flexibility index (Phi) is 5.35. The fourth-order valence-electron chi connectivity index (χ4n) is 1.40. The standard InChI is InChI=1S/C11H17FN2O4S2/c1-4-19(15,5-2)14-20(16,17)13-10-7-6-9(12)8-11(10)18-3/h6-8,13H,4-5H2,1-3H3. The molecule has 0 saturated heterocycles. The first kappa shape index (κ1) is 16.7. The number of anilines is 1. The molecule has 0 aromatic heterocycles. The van der Waals surface area contributed by atoms with E-state index in [9.17, 15) is 17.0 Å². The van der Waals surface area contributed by atoms with Crippen molar-refractivity contribution in [2.75, 3.05) is 23.3 Å². The van der Waals surface area contributed by atoms with Crippen LogP contribution >= 0.6 is 0 Å². The second-order valence-corrected chi connectivity index (χ2v) is 8.30. The SMILES string of the molecule is CCS(=O)(CC)=NS(=O)(=O)Nc1ccc(F)cc1OC. The van der Waals surface area contributed by atoms with Crippen LogP contribution in [0, 0.1) is 5.82 Å². The quantitative estimate of drug-likeness (QED) is 0.867. The Morgan fingerprint density at radius 1 is 1.25 bits per heavy atom. The summed E-state index contributed by atoms with van der Waals surface area (Å²) in [5, 5.41) is 0. The van der Waals surface area contributed by atoms with Gasteiger partial charge in [-0.25, -0.2) is 8.60 Å². The van der Waals surface area contributed by atoms with Crippen LogP contribution in [0.5, 0.6) is 5.75 Å². The van der Waals surface area contributed by atoms with E-state index in [2.05, 4.69) is 8.49 Å². The zero-order valence-electron chi connectivity index (χ0n) is 11.4. The lowest BCUT2D eigenvalue weighted by atomic mass is 10.3. The van der Waals surface area contributed by atoms with Crippen LogP contribution in [0.15, 0.2) is 22.0 Å². The predicted octanol–water partition coefficient (Wildman–Crippen LogP) is 2.00. The highest BCUT2D eigenvalue weighted by atomic mass is 32.3. The molecule has 0 heterocycles. The van der Waals surface area contributed by atoms with Gasteiger partial charge >= 0.3 is 10.2 Å². The Morgan fingerprint density at radius 3 is 2.35 bits per heavy atom. The molecule has 0 bridgehead atoms. The van der Waals surface area contributed by atoms with E-state index in [-0.39, 0.29) is 22.9 Å². The first-order valence-electron chi connectivity index (χ1n) is 5.85. The van der Waals surface area contributed by atoms with Crippen molar-refractivity contribution in [3.63, 3.8) is 0 Å². The maximum atomic E-state index is 13.0. The summed E-state index contributed by atoms with van der Waals surface area (Å²) in [5.41, 5.74) is 0.0339. The minimum atomic E-state index is -4.16. The van der Waals surface area contributed by atoms with Gasteiger partial charge in [0.2, 0.25) is 0 Å². The highest BCUT2D eigenvalue weighted by Crippen LogP contribution is 2.26. The number of nitrogens with one attached hydrogen (secondary N) is 1. The summed E-state index contributed by atoms with van der Waals surface area (Å²) in [6.07, 6.45) is 0. The van der Waals surface area contributed by atoms with Gasteiger partial charge < -0.3 is 4.74 Å². The number of ether oxygens (including phenoxy) is 1. The van der Waals surface area contributed by atoms with Crippen molar-refractivity contribution in [3.8, 4) is 5.75 Å². The molecule has 0 amide bonds. The molecule has 0 spiro atoms. The largest absolute Gasteiger partial charge is 0.494 e. The average Bonchev–Trinajstić information content (AvgIpc) is 2.39. The van der Waals surface area contributed by atoms with E-state index in [4.69, 9.17) is 4.74 Å². The van der Waals surface area contributed by atoms with Gasteiger partial charge in [-0.1, -0.05) is 17.6 Å². The molecule has 0 aliphatic rings. The number of hydrogen-bond acceptors (Lipinski definition) is 4. The van der Waals surface area contributed by atoms with Crippen LogP contribution in [0.3, 0.4) is 0 Å². The molecule has 0 saturated carbocycles. The van der Waals surface area contributed by atoms with E-state index in [1.54, 1.807) is 13.8 Å². The molecular weight excluding hydrogens is 307 g/mol. The zero-order chi connectivity index (χ0) is 15.4. The summed E-state index contributed by atoms with van der Waals surface area (Å²) >= 11 is 0. The van der Waals surface area contributed by atoms with Gasteiger partial charge in [0.25, 0.3) is 0 Å². The number of rotatable bonds is 6. The molecule has 6 nitrogen and oxygen atoms in total. The minimum absolute atomic E-state index is 0.0169. The molecule has 114 valence electrons. The van der Waals surface area contributed by atoms with Crippen molar-refractivity contribution in [3.05, 3.63) is 24.0 Å². The third-order valence-electron chi connectivity index (χ3n) is 2.54. The molecular formula is C11H17FN2O4S2. The van der Waals surface area contributed by atoms with E-state index < -0.39 is 25.8 Å². The Balaban J connectivity index is 3.19. The maximum absolute atomic E-state index is 13.0. The topological polar surface area (TPSA) is 84.8 Å². The van der Waals surface area contributed by atoms with E-state index in [0.717, 1.165) is 12.1 Å². The number of methoxy groups -OCH3 is 1.